The molecule has 3 fully saturated rings. The molecule has 0 bridgehead atoms. The van der Waals surface area contributed by atoms with Gasteiger partial charge in [-0.2, -0.15) is 11.8 Å². The molecule has 0 N–H and O–H groups in total. The Morgan fingerprint density at radius 1 is 1.12 bits per heavy atom. The Balaban J connectivity index is 1.51. The van der Waals surface area contributed by atoms with Crippen LogP contribution in [-0.2, 0) is 23.5 Å². The minimum Gasteiger partial charge on any atom is -0.457 e. The van der Waals surface area contributed by atoms with Gasteiger partial charge >= 0.3 is 12.1 Å². The van der Waals surface area contributed by atoms with Gasteiger partial charge in [0.1, 0.15) is 18.9 Å². The van der Waals surface area contributed by atoms with E-state index in [1.54, 1.807) is 22.0 Å². The van der Waals surface area contributed by atoms with Crippen LogP contribution in [0.2, 0.25) is 18.1 Å². The first kappa shape index (κ1) is 31.9. The summed E-state index contributed by atoms with van der Waals surface area (Å²) in [6.45, 7) is 22.1. The van der Waals surface area contributed by atoms with Gasteiger partial charge in [-0.05, 0) is 61.6 Å². The van der Waals surface area contributed by atoms with Crippen molar-refractivity contribution >= 4 is 38.0 Å². The summed E-state index contributed by atoms with van der Waals surface area (Å²) < 4.78 is 17.5. The van der Waals surface area contributed by atoms with Crippen LogP contribution in [0.5, 0.6) is 0 Å². The average Bonchev–Trinajstić information content (AvgIpc) is 3.49. The molecule has 41 heavy (non-hydrogen) atoms. The average molecular weight is 605 g/mol. The maximum Gasteiger partial charge on any atom is 0.410 e. The molecule has 0 unspecified atom stereocenters. The molecule has 6 atom stereocenters. The van der Waals surface area contributed by atoms with E-state index in [2.05, 4.69) is 47.0 Å². The first-order chi connectivity index (χ1) is 19.3. The third kappa shape index (κ3) is 6.34. The molecular formula is C31H48N2O6SSi. The third-order valence-electron chi connectivity index (χ3n) is 9.56. The maximum absolute atomic E-state index is 13.7. The number of likely N-dealkylation sites (tertiary alicyclic amines) is 1. The van der Waals surface area contributed by atoms with Crippen LogP contribution < -0.4 is 0 Å². The molecule has 0 aromatic carbocycles. The Labute approximate surface area is 251 Å². The first-order valence-electron chi connectivity index (χ1n) is 15.0. The number of thioether (sulfide) groups is 1. The number of esters is 1. The van der Waals surface area contributed by atoms with E-state index in [1.165, 1.54) is 0 Å². The van der Waals surface area contributed by atoms with Crippen LogP contribution in [-0.4, -0.2) is 85.5 Å². The highest BCUT2D eigenvalue weighted by molar-refractivity contribution is 8.00. The van der Waals surface area contributed by atoms with Gasteiger partial charge in [0.25, 0.3) is 0 Å². The fourth-order valence-corrected chi connectivity index (χ4v) is 9.52. The number of β-lactam (4-membered cyclic amide) rings is 1. The van der Waals surface area contributed by atoms with Crippen molar-refractivity contribution in [3.05, 3.63) is 36.6 Å². The molecule has 0 aromatic rings. The van der Waals surface area contributed by atoms with E-state index < -0.39 is 14.3 Å². The number of carbonyl (C=O) groups is 3. The number of rotatable bonds is 11. The van der Waals surface area contributed by atoms with Crippen LogP contribution in [0.4, 0.5) is 4.79 Å². The zero-order valence-corrected chi connectivity index (χ0v) is 27.5. The number of hydrogen-bond donors (Lipinski definition) is 0. The zero-order chi connectivity index (χ0) is 30.1. The van der Waals surface area contributed by atoms with Crippen molar-refractivity contribution in [1.29, 1.82) is 0 Å². The number of hydrogen-bond acceptors (Lipinski definition) is 7. The lowest BCUT2D eigenvalue weighted by Crippen LogP contribution is -2.65. The topological polar surface area (TPSA) is 85.4 Å². The smallest absolute Gasteiger partial charge is 0.410 e. The van der Waals surface area contributed by atoms with Crippen molar-refractivity contribution in [3.8, 4) is 0 Å². The van der Waals surface area contributed by atoms with Gasteiger partial charge in [0.05, 0.1) is 18.1 Å². The SMILES string of the molecule is C=CCOC(=O)C1=C2[C@@H](SC[C@@H]3CCN(C(=O)OCC=C)C3)CCC[C@@H]2[C@@H]2[C@@H]([C@@H](C)O[Si](C)(C)C(C)(C)C)C(=O)N12. The Hall–Kier alpha value is -2.04. The third-order valence-corrected chi connectivity index (χ3v) is 15.7. The van der Waals surface area contributed by atoms with E-state index in [9.17, 15) is 14.4 Å². The summed E-state index contributed by atoms with van der Waals surface area (Å²) in [5, 5.41) is 0.175. The van der Waals surface area contributed by atoms with Crippen LogP contribution >= 0.6 is 11.8 Å². The van der Waals surface area contributed by atoms with Crippen LogP contribution in [0.1, 0.15) is 53.4 Å². The molecule has 4 aliphatic rings. The lowest BCUT2D eigenvalue weighted by molar-refractivity contribution is -0.163. The molecule has 8 nitrogen and oxygen atoms in total. The van der Waals surface area contributed by atoms with Crippen molar-refractivity contribution < 1.29 is 28.3 Å². The van der Waals surface area contributed by atoms with Crippen molar-refractivity contribution in [1.82, 2.24) is 9.80 Å². The van der Waals surface area contributed by atoms with Gasteiger partial charge < -0.3 is 23.7 Å². The predicted octanol–water partition coefficient (Wildman–Crippen LogP) is 5.77. The highest BCUT2D eigenvalue weighted by Gasteiger charge is 2.63. The van der Waals surface area contributed by atoms with Crippen molar-refractivity contribution in [2.24, 2.45) is 17.8 Å². The lowest BCUT2D eigenvalue weighted by atomic mass is 9.72. The standard InChI is InChI=1S/C31H48N2O6SSi/c1-9-16-37-29(35)27-25-22(26-24(28(34)33(26)27)20(3)39-41(7,8)31(4,5)6)12-11-13-23(25)40-19-21-14-15-32(18-21)30(36)38-17-10-2/h9-10,20-24,26H,1-2,11-19H2,3-8H3/t20-,21-,22+,23+,24-,26-/m1/s1. The lowest BCUT2D eigenvalue weighted by Gasteiger charge is -2.51. The van der Waals surface area contributed by atoms with Crippen molar-refractivity contribution in [3.63, 3.8) is 0 Å². The van der Waals surface area contributed by atoms with Gasteiger partial charge in [0.15, 0.2) is 8.32 Å². The molecule has 2 amide bonds. The molecule has 4 rings (SSSR count). The Bertz CT molecular complexity index is 1080. The highest BCUT2D eigenvalue weighted by Crippen LogP contribution is 2.55. The molecule has 1 saturated carbocycles. The minimum atomic E-state index is -2.08. The summed E-state index contributed by atoms with van der Waals surface area (Å²) in [6.07, 6.45) is 6.52. The molecule has 228 valence electrons. The molecule has 0 radical (unpaired) electrons. The van der Waals surface area contributed by atoms with Gasteiger partial charge in [-0.15, -0.1) is 0 Å². The second-order valence-electron chi connectivity index (χ2n) is 13.3. The normalized spacial score (nSPS) is 28.5. The molecule has 1 aliphatic carbocycles. The number of ether oxygens (including phenoxy) is 2. The van der Waals surface area contributed by atoms with E-state index in [1.807, 2.05) is 18.7 Å². The minimum absolute atomic E-state index is 0.0260. The second-order valence-corrected chi connectivity index (χ2v) is 19.3. The van der Waals surface area contributed by atoms with Gasteiger partial charge in [0, 0.05) is 24.3 Å². The molecule has 3 aliphatic heterocycles. The number of nitrogens with zero attached hydrogens (tertiary/aromatic N) is 2. The van der Waals surface area contributed by atoms with E-state index in [-0.39, 0.29) is 59.5 Å². The number of carbonyl (C=O) groups excluding carboxylic acids is 3. The van der Waals surface area contributed by atoms with Crippen molar-refractivity contribution in [2.45, 2.75) is 88.9 Å². The zero-order valence-electron chi connectivity index (χ0n) is 25.6. The highest BCUT2D eigenvalue weighted by atomic mass is 32.2. The van der Waals surface area contributed by atoms with E-state index in [0.29, 0.717) is 24.7 Å². The molecule has 10 heteroatoms. The number of fused-ring (bicyclic) bond motifs is 3. The summed E-state index contributed by atoms with van der Waals surface area (Å²) in [5.74, 6) is 0.661. The molecule has 0 spiro atoms. The summed E-state index contributed by atoms with van der Waals surface area (Å²) >= 11 is 1.86. The van der Waals surface area contributed by atoms with E-state index in [0.717, 1.165) is 37.0 Å². The largest absolute Gasteiger partial charge is 0.457 e. The summed E-state index contributed by atoms with van der Waals surface area (Å²) in [7, 11) is -2.08. The van der Waals surface area contributed by atoms with Crippen LogP contribution in [0.15, 0.2) is 36.6 Å². The molecular weight excluding hydrogens is 557 g/mol. The van der Waals surface area contributed by atoms with E-state index in [4.69, 9.17) is 13.9 Å². The first-order valence-corrected chi connectivity index (χ1v) is 18.9. The predicted molar refractivity (Wildman–Crippen MR) is 165 cm³/mol. The summed E-state index contributed by atoms with van der Waals surface area (Å²) in [6, 6.07) is -0.0615. The van der Waals surface area contributed by atoms with Crippen molar-refractivity contribution in [2.75, 3.05) is 32.1 Å². The summed E-state index contributed by atoms with van der Waals surface area (Å²) in [5.41, 5.74) is 1.54. The fourth-order valence-electron chi connectivity index (χ4n) is 6.51. The van der Waals surface area contributed by atoms with Crippen LogP contribution in [0, 0.1) is 17.8 Å². The molecule has 0 aromatic heterocycles. The Morgan fingerprint density at radius 3 is 2.46 bits per heavy atom. The van der Waals surface area contributed by atoms with E-state index >= 15 is 0 Å². The van der Waals surface area contributed by atoms with Gasteiger partial charge in [0.2, 0.25) is 5.91 Å². The number of amides is 2. The Morgan fingerprint density at radius 2 is 1.80 bits per heavy atom. The molecule has 2 saturated heterocycles. The quantitative estimate of drug-likeness (QED) is 0.128. The van der Waals surface area contributed by atoms with Crippen LogP contribution in [0.3, 0.4) is 0 Å². The summed E-state index contributed by atoms with van der Waals surface area (Å²) in [4.78, 5) is 43.0. The monoisotopic (exact) mass is 604 g/mol. The Kier molecular flexibility index (Phi) is 9.86. The molecule has 3 heterocycles. The van der Waals surface area contributed by atoms with Crippen LogP contribution in [0.25, 0.3) is 0 Å². The van der Waals surface area contributed by atoms with Gasteiger partial charge in [-0.25, -0.2) is 9.59 Å². The fraction of sp³-hybridized carbons (Fsp3) is 0.710. The van der Waals surface area contributed by atoms with Gasteiger partial charge in [-0.3, -0.25) is 4.79 Å². The second kappa shape index (κ2) is 12.7. The van der Waals surface area contributed by atoms with Gasteiger partial charge in [-0.1, -0.05) is 52.5 Å². The maximum atomic E-state index is 13.7.